The minimum Gasteiger partial charge on any atom is -0.394 e. The summed E-state index contributed by atoms with van der Waals surface area (Å²) in [5.74, 6) is -0.586. The van der Waals surface area contributed by atoms with E-state index in [9.17, 15) is 23.1 Å². The summed E-state index contributed by atoms with van der Waals surface area (Å²) < 4.78 is 28.5. The molecular weight excluding hydrogens is 494 g/mol. The van der Waals surface area contributed by atoms with Crippen LogP contribution in [0.1, 0.15) is 38.5 Å². The maximum absolute atomic E-state index is 13.3. The van der Waals surface area contributed by atoms with E-state index in [0.29, 0.717) is 32.5 Å². The summed E-state index contributed by atoms with van der Waals surface area (Å²) in [4.78, 5) is 29.5. The maximum Gasteiger partial charge on any atom is 0.243 e. The van der Waals surface area contributed by atoms with Crippen LogP contribution in [0.3, 0.4) is 0 Å². The van der Waals surface area contributed by atoms with E-state index in [-0.39, 0.29) is 28.6 Å². The van der Waals surface area contributed by atoms with E-state index in [1.165, 1.54) is 6.07 Å². The fraction of sp³-hybridized carbons (Fsp3) is 0.500. The maximum atomic E-state index is 13.3. The number of hydrogen-bond donors (Lipinski definition) is 4. The van der Waals surface area contributed by atoms with Crippen LogP contribution in [0.25, 0.3) is 10.8 Å². The second-order valence-corrected chi connectivity index (χ2v) is 11.6. The molecule has 1 amide bonds. The van der Waals surface area contributed by atoms with E-state index in [0.717, 1.165) is 36.5 Å². The second kappa shape index (κ2) is 11.6. The van der Waals surface area contributed by atoms with E-state index >= 15 is 0 Å². The average molecular weight is 530 g/mol. The third-order valence-electron chi connectivity index (χ3n) is 7.41. The molecule has 2 aromatic rings. The van der Waals surface area contributed by atoms with E-state index in [1.807, 2.05) is 24.3 Å². The third kappa shape index (κ3) is 6.28. The summed E-state index contributed by atoms with van der Waals surface area (Å²) in [5, 5.41) is 19.2. The Bertz CT molecular complexity index is 1270. The number of aliphatic hydroxyl groups excluding tert-OH is 1. The summed E-state index contributed by atoms with van der Waals surface area (Å²) in [6, 6.07) is 10.6. The van der Waals surface area contributed by atoms with Crippen molar-refractivity contribution in [1.82, 2.24) is 14.5 Å². The molecule has 0 bridgehead atoms. The first-order valence-electron chi connectivity index (χ1n) is 12.7. The van der Waals surface area contributed by atoms with Crippen LogP contribution in [-0.2, 0) is 19.6 Å². The summed E-state index contributed by atoms with van der Waals surface area (Å²) in [6.45, 7) is 0.913. The highest BCUT2D eigenvalue weighted by atomic mass is 32.2. The minimum atomic E-state index is -4.05. The highest BCUT2D eigenvalue weighted by molar-refractivity contribution is 7.89. The Hall–Kier alpha value is -3.02. The van der Waals surface area contributed by atoms with Crippen LogP contribution >= 0.6 is 0 Å². The Kier molecular flexibility index (Phi) is 8.46. The molecule has 0 spiro atoms. The zero-order chi connectivity index (χ0) is 26.6. The molecule has 2 saturated heterocycles. The number of benzene rings is 2. The van der Waals surface area contributed by atoms with Crippen LogP contribution < -0.4 is 10.5 Å². The lowest BCUT2D eigenvalue weighted by atomic mass is 9.90. The highest BCUT2D eigenvalue weighted by Crippen LogP contribution is 2.26. The lowest BCUT2D eigenvalue weighted by Crippen LogP contribution is -2.51. The van der Waals surface area contributed by atoms with Gasteiger partial charge in [-0.25, -0.2) is 8.42 Å². The van der Waals surface area contributed by atoms with Gasteiger partial charge in [0.1, 0.15) is 11.8 Å². The molecule has 2 heterocycles. The van der Waals surface area contributed by atoms with Gasteiger partial charge >= 0.3 is 0 Å². The van der Waals surface area contributed by atoms with Crippen LogP contribution in [0.5, 0.6) is 0 Å². The van der Waals surface area contributed by atoms with Crippen molar-refractivity contribution in [3.05, 3.63) is 42.5 Å². The number of carbonyl (C=O) groups excluding carboxylic acids is 2. The lowest BCUT2D eigenvalue weighted by molar-refractivity contribution is -0.135. The Labute approximate surface area is 217 Å². The van der Waals surface area contributed by atoms with E-state index in [4.69, 9.17) is 11.1 Å². The number of nitrogens with zero attached hydrogens (tertiary/aromatic N) is 2. The van der Waals surface area contributed by atoms with Crippen molar-refractivity contribution in [3.63, 3.8) is 0 Å². The molecule has 200 valence electrons. The normalized spacial score (nSPS) is 21.2. The number of nitrogens with one attached hydrogen (secondary N) is 2. The first-order chi connectivity index (χ1) is 17.7. The fourth-order valence-electron chi connectivity index (χ4n) is 5.35. The topological polar surface area (TPSA) is 157 Å². The summed E-state index contributed by atoms with van der Waals surface area (Å²) in [6.07, 6.45) is 3.83. The summed E-state index contributed by atoms with van der Waals surface area (Å²) in [5.41, 5.74) is 5.59. The summed E-state index contributed by atoms with van der Waals surface area (Å²) >= 11 is 0. The molecule has 3 unspecified atom stereocenters. The number of ketones is 1. The number of amides is 1. The molecule has 2 aromatic carbocycles. The Morgan fingerprint density at radius 1 is 1.11 bits per heavy atom. The first-order valence-corrected chi connectivity index (χ1v) is 14.2. The van der Waals surface area contributed by atoms with Gasteiger partial charge in [-0.05, 0) is 55.0 Å². The van der Waals surface area contributed by atoms with Gasteiger partial charge in [-0.15, -0.1) is 0 Å². The number of carbonyl (C=O) groups is 2. The Morgan fingerprint density at radius 2 is 1.84 bits per heavy atom. The number of hydrogen-bond acceptors (Lipinski definition) is 6. The molecule has 0 radical (unpaired) electrons. The van der Waals surface area contributed by atoms with Crippen LogP contribution in [0.15, 0.2) is 47.4 Å². The average Bonchev–Trinajstić information content (AvgIpc) is 3.38. The molecular formula is C26H35N5O5S. The number of aliphatic hydroxyl groups is 1. The first kappa shape index (κ1) is 27.0. The van der Waals surface area contributed by atoms with Gasteiger partial charge in [-0.3, -0.25) is 15.0 Å². The molecule has 2 fully saturated rings. The molecule has 5 N–H and O–H groups in total. The van der Waals surface area contributed by atoms with Gasteiger partial charge in [0, 0.05) is 38.0 Å². The predicted octanol–water partition coefficient (Wildman–Crippen LogP) is 1.42. The van der Waals surface area contributed by atoms with Gasteiger partial charge in [-0.1, -0.05) is 30.3 Å². The van der Waals surface area contributed by atoms with Crippen LogP contribution in [0, 0.1) is 11.3 Å². The fourth-order valence-corrected chi connectivity index (χ4v) is 6.57. The second-order valence-electron chi connectivity index (χ2n) is 9.87. The number of fused-ring (bicyclic) bond motifs is 1. The number of nitrogens with two attached hydrogens (primary N) is 1. The number of sulfonamides is 1. The van der Waals surface area contributed by atoms with Crippen LogP contribution in [-0.4, -0.2) is 79.3 Å². The van der Waals surface area contributed by atoms with Gasteiger partial charge < -0.3 is 20.6 Å². The molecule has 4 rings (SSSR count). The Balaban J connectivity index is 1.38. The van der Waals surface area contributed by atoms with Gasteiger partial charge in [0.2, 0.25) is 15.9 Å². The van der Waals surface area contributed by atoms with E-state index in [1.54, 1.807) is 21.9 Å². The molecule has 0 aromatic heterocycles. The predicted molar refractivity (Wildman–Crippen MR) is 140 cm³/mol. The molecule has 2 aliphatic rings. The molecule has 2 aliphatic heterocycles. The van der Waals surface area contributed by atoms with Gasteiger partial charge in [0.15, 0.2) is 5.96 Å². The van der Waals surface area contributed by atoms with Crippen molar-refractivity contribution in [3.8, 4) is 0 Å². The largest absolute Gasteiger partial charge is 0.394 e. The molecule has 10 nitrogen and oxygen atoms in total. The molecule has 0 aliphatic carbocycles. The van der Waals surface area contributed by atoms with E-state index in [2.05, 4.69) is 4.72 Å². The number of piperidine rings is 1. The number of rotatable bonds is 9. The SMILES string of the molecule is N=C(N)N1CCCC(C(=O)CCC2CCCN2C(=O)C(CO)NS(=O)(=O)c2ccc3ccccc3c2)C1. The molecule has 3 atom stereocenters. The van der Waals surface area contributed by atoms with Crippen molar-refractivity contribution < 1.29 is 23.1 Å². The monoisotopic (exact) mass is 529 g/mol. The van der Waals surface area contributed by atoms with Crippen molar-refractivity contribution in [2.45, 2.75) is 55.5 Å². The van der Waals surface area contributed by atoms with Crippen molar-refractivity contribution in [2.24, 2.45) is 11.7 Å². The van der Waals surface area contributed by atoms with Crippen LogP contribution in [0.4, 0.5) is 0 Å². The van der Waals surface area contributed by atoms with E-state index < -0.39 is 28.6 Å². The number of guanidine groups is 1. The third-order valence-corrected chi connectivity index (χ3v) is 8.88. The van der Waals surface area contributed by atoms with Crippen molar-refractivity contribution >= 4 is 38.4 Å². The number of likely N-dealkylation sites (tertiary alicyclic amines) is 2. The Morgan fingerprint density at radius 3 is 2.57 bits per heavy atom. The molecule has 11 heteroatoms. The molecule has 0 saturated carbocycles. The minimum absolute atomic E-state index is 0.0214. The molecule has 37 heavy (non-hydrogen) atoms. The van der Waals surface area contributed by atoms with Gasteiger partial charge in [0.05, 0.1) is 11.5 Å². The van der Waals surface area contributed by atoms with Crippen molar-refractivity contribution in [1.29, 1.82) is 5.41 Å². The number of Topliss-reactive ketones (excluding diaryl/α,β-unsaturated/α-hetero) is 1. The van der Waals surface area contributed by atoms with Crippen LogP contribution in [0.2, 0.25) is 0 Å². The summed E-state index contributed by atoms with van der Waals surface area (Å²) in [7, 11) is -4.05. The quantitative estimate of drug-likeness (QED) is 0.283. The zero-order valence-corrected chi connectivity index (χ0v) is 21.6. The highest BCUT2D eigenvalue weighted by Gasteiger charge is 2.36. The lowest BCUT2D eigenvalue weighted by Gasteiger charge is -2.33. The van der Waals surface area contributed by atoms with Gasteiger partial charge in [-0.2, -0.15) is 4.72 Å². The zero-order valence-electron chi connectivity index (χ0n) is 20.8. The standard InChI is InChI=1S/C26H35N5O5S/c27-26(28)30-13-3-7-20(16-30)24(33)12-10-21-8-4-14-31(21)25(34)23(17-32)29-37(35,36)22-11-9-18-5-1-2-6-19(18)15-22/h1-2,5-6,9,11,15,20-21,23,29,32H,3-4,7-8,10,12-14,16-17H2,(H3,27,28). The van der Waals surface area contributed by atoms with Crippen molar-refractivity contribution in [2.75, 3.05) is 26.2 Å². The smallest absolute Gasteiger partial charge is 0.243 e. The van der Waals surface area contributed by atoms with Gasteiger partial charge in [0.25, 0.3) is 0 Å².